The first-order chi connectivity index (χ1) is 11.6. The highest BCUT2D eigenvalue weighted by molar-refractivity contribution is 6.31. The van der Waals surface area contributed by atoms with Crippen molar-refractivity contribution in [3.05, 3.63) is 57.9 Å². The van der Waals surface area contributed by atoms with Crippen LogP contribution in [0.3, 0.4) is 0 Å². The zero-order valence-electron chi connectivity index (χ0n) is 14.3. The van der Waals surface area contributed by atoms with Crippen LogP contribution in [0.25, 0.3) is 0 Å². The average Bonchev–Trinajstić information content (AvgIpc) is 2.49. The van der Waals surface area contributed by atoms with Gasteiger partial charge in [0.25, 0.3) is 0 Å². The number of benzene rings is 1. The number of aromatic hydroxyl groups is 1. The number of nitrogens with zero attached hydrogens (tertiary/aromatic N) is 1. The number of pyridine rings is 1. The first-order valence-electron chi connectivity index (χ1n) is 7.79. The van der Waals surface area contributed by atoms with Gasteiger partial charge in [-0.2, -0.15) is 0 Å². The number of aromatic carboxylic acids is 1. The minimum atomic E-state index is -1.14. The Morgan fingerprint density at radius 1 is 1.16 bits per heavy atom. The number of carbonyl (C=O) groups is 2. The molecular weight excluding hydrogens is 342 g/mol. The molecular formula is C19H20ClNO4. The van der Waals surface area contributed by atoms with Crippen LogP contribution in [0.2, 0.25) is 5.02 Å². The molecule has 0 amide bonds. The highest BCUT2D eigenvalue weighted by Gasteiger charge is 2.21. The van der Waals surface area contributed by atoms with Crippen LogP contribution in [0.15, 0.2) is 30.5 Å². The molecule has 0 aliphatic heterocycles. The minimum absolute atomic E-state index is 0.0571. The fraction of sp³-hybridized carbons (Fsp3) is 0.316. The van der Waals surface area contributed by atoms with Gasteiger partial charge in [-0.15, -0.1) is 0 Å². The molecule has 0 atom stereocenters. The smallest absolute Gasteiger partial charge is 0.354 e. The molecule has 0 saturated heterocycles. The number of carbonyl (C=O) groups excluding carboxylic acids is 1. The molecule has 5 nitrogen and oxygen atoms in total. The molecule has 0 fully saturated rings. The molecule has 0 aliphatic rings. The Bertz CT molecular complexity index is 825. The summed E-state index contributed by atoms with van der Waals surface area (Å²) in [5, 5.41) is 19.6. The first-order valence-corrected chi connectivity index (χ1v) is 8.17. The quantitative estimate of drug-likeness (QED) is 0.845. The van der Waals surface area contributed by atoms with Gasteiger partial charge in [0.15, 0.2) is 0 Å². The minimum Gasteiger partial charge on any atom is -0.508 e. The van der Waals surface area contributed by atoms with Gasteiger partial charge >= 0.3 is 5.97 Å². The van der Waals surface area contributed by atoms with Crippen molar-refractivity contribution < 1.29 is 19.8 Å². The van der Waals surface area contributed by atoms with E-state index in [9.17, 15) is 14.7 Å². The summed E-state index contributed by atoms with van der Waals surface area (Å²) in [5.74, 6) is -1.16. The fourth-order valence-corrected chi connectivity index (χ4v) is 2.78. The maximum Gasteiger partial charge on any atom is 0.354 e. The molecule has 0 saturated carbocycles. The van der Waals surface area contributed by atoms with Gasteiger partial charge in [0.2, 0.25) is 0 Å². The second kappa shape index (κ2) is 7.23. The third kappa shape index (κ3) is 4.79. The highest BCUT2D eigenvalue weighted by Crippen LogP contribution is 2.35. The van der Waals surface area contributed by atoms with Crippen LogP contribution in [0, 0.1) is 0 Å². The molecule has 0 unspecified atom stereocenters. The largest absolute Gasteiger partial charge is 0.508 e. The van der Waals surface area contributed by atoms with Crippen LogP contribution < -0.4 is 0 Å². The van der Waals surface area contributed by atoms with E-state index in [0.717, 1.165) is 0 Å². The van der Waals surface area contributed by atoms with Gasteiger partial charge in [0.1, 0.15) is 17.2 Å². The Kier molecular flexibility index (Phi) is 5.48. The standard InChI is InChI=1S/C19H20ClNO4/c1-19(2,3)14-10-15(20)12(9-17(14)23)8-13(22)6-11-4-5-21-16(7-11)18(24)25/h4-5,7,9-10,23H,6,8H2,1-3H3,(H,24,25). The summed E-state index contributed by atoms with van der Waals surface area (Å²) in [4.78, 5) is 27.0. The van der Waals surface area contributed by atoms with Crippen LogP contribution in [-0.2, 0) is 23.1 Å². The van der Waals surface area contributed by atoms with Gasteiger partial charge in [-0.25, -0.2) is 9.78 Å². The van der Waals surface area contributed by atoms with Gasteiger partial charge in [-0.1, -0.05) is 32.4 Å². The Morgan fingerprint density at radius 2 is 1.84 bits per heavy atom. The van der Waals surface area contributed by atoms with Crippen LogP contribution in [0.4, 0.5) is 0 Å². The van der Waals surface area contributed by atoms with Gasteiger partial charge in [0, 0.05) is 29.6 Å². The fourth-order valence-electron chi connectivity index (χ4n) is 2.55. The first kappa shape index (κ1) is 18.9. The Hall–Kier alpha value is -2.40. The topological polar surface area (TPSA) is 87.5 Å². The summed E-state index contributed by atoms with van der Waals surface area (Å²) in [5.41, 5.74) is 1.47. The van der Waals surface area contributed by atoms with Gasteiger partial charge in [-0.05, 0) is 40.8 Å². The third-order valence-corrected chi connectivity index (χ3v) is 4.16. The number of carboxylic acids is 1. The molecule has 0 bridgehead atoms. The Balaban J connectivity index is 2.17. The molecule has 6 heteroatoms. The molecule has 1 aromatic carbocycles. The molecule has 0 aliphatic carbocycles. The number of hydrogen-bond donors (Lipinski definition) is 2. The lowest BCUT2D eigenvalue weighted by molar-refractivity contribution is -0.117. The highest BCUT2D eigenvalue weighted by atomic mass is 35.5. The molecule has 1 aromatic heterocycles. The molecule has 2 N–H and O–H groups in total. The number of Topliss-reactive ketones (excluding diaryl/α,β-unsaturated/α-hetero) is 1. The Morgan fingerprint density at radius 3 is 2.44 bits per heavy atom. The number of aromatic nitrogens is 1. The lowest BCUT2D eigenvalue weighted by Crippen LogP contribution is -2.13. The summed E-state index contributed by atoms with van der Waals surface area (Å²) >= 11 is 6.27. The molecule has 0 spiro atoms. The zero-order valence-corrected chi connectivity index (χ0v) is 15.1. The molecule has 1 heterocycles. The number of ketones is 1. The van der Waals surface area contributed by atoms with Gasteiger partial charge in [0.05, 0.1) is 0 Å². The van der Waals surface area contributed by atoms with E-state index in [1.807, 2.05) is 20.8 Å². The molecule has 2 rings (SSSR count). The van der Waals surface area contributed by atoms with Crippen molar-refractivity contribution >= 4 is 23.4 Å². The van der Waals surface area contributed by atoms with E-state index in [4.69, 9.17) is 16.7 Å². The van der Waals surface area contributed by atoms with Crippen molar-refractivity contribution in [3.63, 3.8) is 0 Å². The predicted molar refractivity (Wildman–Crippen MR) is 95.4 cm³/mol. The van der Waals surface area contributed by atoms with E-state index in [0.29, 0.717) is 21.7 Å². The predicted octanol–water partition coefficient (Wildman–Crippen LogP) is 3.79. The number of halogens is 1. The van der Waals surface area contributed by atoms with E-state index >= 15 is 0 Å². The van der Waals surface area contributed by atoms with Crippen LogP contribution in [0.1, 0.15) is 48.0 Å². The summed E-state index contributed by atoms with van der Waals surface area (Å²) in [6, 6.07) is 6.19. The van der Waals surface area contributed by atoms with Crippen molar-refractivity contribution in [2.75, 3.05) is 0 Å². The van der Waals surface area contributed by atoms with Crippen LogP contribution in [0.5, 0.6) is 5.75 Å². The van der Waals surface area contributed by atoms with E-state index in [2.05, 4.69) is 4.98 Å². The van der Waals surface area contributed by atoms with Crippen LogP contribution in [-0.4, -0.2) is 26.9 Å². The SMILES string of the molecule is CC(C)(C)c1cc(Cl)c(CC(=O)Cc2ccnc(C(=O)O)c2)cc1O. The molecule has 25 heavy (non-hydrogen) atoms. The normalized spacial score (nSPS) is 11.4. The molecule has 132 valence electrons. The number of rotatable bonds is 5. The monoisotopic (exact) mass is 361 g/mol. The second-order valence-corrected chi connectivity index (χ2v) is 7.36. The molecule has 0 radical (unpaired) electrons. The lowest BCUT2D eigenvalue weighted by Gasteiger charge is -2.21. The molecule has 2 aromatic rings. The summed E-state index contributed by atoms with van der Waals surface area (Å²) in [6.45, 7) is 5.89. The number of carboxylic acid groups (broad SMARTS) is 1. The van der Waals surface area contributed by atoms with Crippen molar-refractivity contribution in [2.45, 2.75) is 39.0 Å². The number of phenols is 1. The van der Waals surface area contributed by atoms with E-state index < -0.39 is 5.97 Å². The van der Waals surface area contributed by atoms with Crippen molar-refractivity contribution in [1.29, 1.82) is 0 Å². The second-order valence-electron chi connectivity index (χ2n) is 6.96. The van der Waals surface area contributed by atoms with Crippen LogP contribution >= 0.6 is 11.6 Å². The van der Waals surface area contributed by atoms with Crippen molar-refractivity contribution in [2.24, 2.45) is 0 Å². The summed E-state index contributed by atoms with van der Waals surface area (Å²) in [6.07, 6.45) is 1.49. The van der Waals surface area contributed by atoms with E-state index in [1.54, 1.807) is 12.1 Å². The van der Waals surface area contributed by atoms with E-state index in [1.165, 1.54) is 18.3 Å². The van der Waals surface area contributed by atoms with Crippen molar-refractivity contribution in [1.82, 2.24) is 4.98 Å². The maximum absolute atomic E-state index is 12.3. The van der Waals surface area contributed by atoms with Gasteiger partial charge in [-0.3, -0.25) is 4.79 Å². The van der Waals surface area contributed by atoms with Crippen molar-refractivity contribution in [3.8, 4) is 5.75 Å². The zero-order chi connectivity index (χ0) is 18.8. The van der Waals surface area contributed by atoms with E-state index in [-0.39, 0.29) is 35.5 Å². The summed E-state index contributed by atoms with van der Waals surface area (Å²) < 4.78 is 0. The Labute approximate surface area is 151 Å². The number of hydrogen-bond acceptors (Lipinski definition) is 4. The lowest BCUT2D eigenvalue weighted by atomic mass is 9.85. The maximum atomic E-state index is 12.3. The third-order valence-electron chi connectivity index (χ3n) is 3.81. The summed E-state index contributed by atoms with van der Waals surface area (Å²) in [7, 11) is 0. The number of phenolic OH excluding ortho intramolecular Hbond substituents is 1. The average molecular weight is 362 g/mol. The van der Waals surface area contributed by atoms with Gasteiger partial charge < -0.3 is 10.2 Å².